The van der Waals surface area contributed by atoms with Crippen LogP contribution in [0.3, 0.4) is 0 Å². The van der Waals surface area contributed by atoms with Crippen molar-refractivity contribution < 1.29 is 14.4 Å². The fraction of sp³-hybridized carbons (Fsp3) is 0.615. The van der Waals surface area contributed by atoms with Crippen LogP contribution in [0.5, 0.6) is 0 Å². The number of rotatable bonds is 0. The van der Waals surface area contributed by atoms with Crippen molar-refractivity contribution in [2.24, 2.45) is 17.3 Å². The molecule has 1 aliphatic heterocycles. The topological polar surface area (TPSA) is 63.2 Å². The minimum Gasteiger partial charge on any atom is -0.294 e. The molecule has 0 aliphatic carbocycles. The fourth-order valence-corrected chi connectivity index (χ4v) is 1.67. The second-order valence-electron chi connectivity index (χ2n) is 5.68. The van der Waals surface area contributed by atoms with Crippen LogP contribution in [0.1, 0.15) is 34.6 Å². The summed E-state index contributed by atoms with van der Waals surface area (Å²) in [5.41, 5.74) is -0.179. The van der Waals surface area contributed by atoms with E-state index in [-0.39, 0.29) is 22.7 Å². The molecule has 1 saturated heterocycles. The van der Waals surface area contributed by atoms with Gasteiger partial charge < -0.3 is 0 Å². The van der Waals surface area contributed by atoms with Gasteiger partial charge in [-0.05, 0) is 5.41 Å². The summed E-state index contributed by atoms with van der Waals surface area (Å²) in [5.74, 6) is -2.15. The number of carbonyl (C=O) groups excluding carboxylic acids is 3. The van der Waals surface area contributed by atoms with E-state index in [2.05, 4.69) is 5.32 Å². The first-order valence-corrected chi connectivity index (χ1v) is 5.76. The third kappa shape index (κ3) is 3.02. The summed E-state index contributed by atoms with van der Waals surface area (Å²) in [4.78, 5) is 35.5. The van der Waals surface area contributed by atoms with E-state index in [9.17, 15) is 14.4 Å². The van der Waals surface area contributed by atoms with Gasteiger partial charge in [0.25, 0.3) is 5.91 Å². The Kier molecular flexibility index (Phi) is 3.55. The average Bonchev–Trinajstić information content (AvgIpc) is 2.25. The fourth-order valence-electron chi connectivity index (χ4n) is 1.67. The van der Waals surface area contributed by atoms with Crippen LogP contribution < -0.4 is 5.32 Å². The Morgan fingerprint density at radius 2 is 1.59 bits per heavy atom. The summed E-state index contributed by atoms with van der Waals surface area (Å²) in [7, 11) is 0. The molecule has 94 valence electrons. The highest BCUT2D eigenvalue weighted by atomic mass is 16.2. The van der Waals surface area contributed by atoms with Crippen LogP contribution >= 0.6 is 0 Å². The van der Waals surface area contributed by atoms with Crippen molar-refractivity contribution in [3.63, 3.8) is 0 Å². The summed E-state index contributed by atoms with van der Waals surface area (Å²) in [6, 6.07) is 0. The van der Waals surface area contributed by atoms with Crippen molar-refractivity contribution in [3.8, 4) is 0 Å². The molecule has 17 heavy (non-hydrogen) atoms. The van der Waals surface area contributed by atoms with Crippen molar-refractivity contribution in [1.29, 1.82) is 0 Å². The Morgan fingerprint density at radius 1 is 1.06 bits per heavy atom. The van der Waals surface area contributed by atoms with E-state index in [0.717, 1.165) is 0 Å². The first-order valence-electron chi connectivity index (χ1n) is 5.76. The molecule has 0 spiro atoms. The van der Waals surface area contributed by atoms with Crippen LogP contribution in [0.2, 0.25) is 0 Å². The van der Waals surface area contributed by atoms with Gasteiger partial charge >= 0.3 is 0 Å². The second kappa shape index (κ2) is 4.43. The Bertz CT molecular complexity index is 401. The normalized spacial score (nSPS) is 29.2. The maximum absolute atomic E-state index is 12.1. The molecule has 4 nitrogen and oxygen atoms in total. The summed E-state index contributed by atoms with van der Waals surface area (Å²) < 4.78 is 0. The standard InChI is InChI=1S/C13H19NO3/c1-7-8(2)11(16)14-12(17)9(10(7)15)6-13(3,4)5/h6-8H,1-5H3,(H,14,16,17). The summed E-state index contributed by atoms with van der Waals surface area (Å²) >= 11 is 0. The van der Waals surface area contributed by atoms with Gasteiger partial charge in [-0.3, -0.25) is 19.7 Å². The molecule has 2 unspecified atom stereocenters. The largest absolute Gasteiger partial charge is 0.294 e. The van der Waals surface area contributed by atoms with E-state index in [1.54, 1.807) is 19.9 Å². The van der Waals surface area contributed by atoms with Gasteiger partial charge in [0.1, 0.15) is 0 Å². The summed E-state index contributed by atoms with van der Waals surface area (Å²) in [6.45, 7) is 9.05. The van der Waals surface area contributed by atoms with Gasteiger partial charge in [-0.2, -0.15) is 0 Å². The lowest BCUT2D eigenvalue weighted by Gasteiger charge is -2.16. The summed E-state index contributed by atoms with van der Waals surface area (Å²) in [5, 5.41) is 2.26. The van der Waals surface area contributed by atoms with Crippen molar-refractivity contribution in [2.75, 3.05) is 0 Å². The molecule has 2 atom stereocenters. The lowest BCUT2D eigenvalue weighted by molar-refractivity contribution is -0.131. The number of allylic oxidation sites excluding steroid dienone is 1. The van der Waals surface area contributed by atoms with Gasteiger partial charge in [0.2, 0.25) is 5.91 Å². The van der Waals surface area contributed by atoms with E-state index in [0.29, 0.717) is 0 Å². The maximum atomic E-state index is 12.1. The molecular formula is C13H19NO3. The predicted octanol–water partition coefficient (Wildman–Crippen LogP) is 1.46. The molecule has 0 radical (unpaired) electrons. The van der Waals surface area contributed by atoms with E-state index in [1.165, 1.54) is 0 Å². The Labute approximate surface area is 101 Å². The zero-order valence-corrected chi connectivity index (χ0v) is 11.0. The Balaban J connectivity index is 3.22. The van der Waals surface area contributed by atoms with Crippen LogP contribution in [-0.2, 0) is 14.4 Å². The highest BCUT2D eigenvalue weighted by Crippen LogP contribution is 2.24. The summed E-state index contributed by atoms with van der Waals surface area (Å²) in [6.07, 6.45) is 1.63. The number of amides is 2. The lowest BCUT2D eigenvalue weighted by Crippen LogP contribution is -2.33. The minimum atomic E-state index is -0.578. The van der Waals surface area contributed by atoms with Crippen molar-refractivity contribution in [3.05, 3.63) is 11.6 Å². The smallest absolute Gasteiger partial charge is 0.261 e. The molecule has 1 rings (SSSR count). The predicted molar refractivity (Wildman–Crippen MR) is 64.0 cm³/mol. The quantitative estimate of drug-likeness (QED) is 0.394. The van der Waals surface area contributed by atoms with E-state index in [1.807, 2.05) is 20.8 Å². The first-order chi connectivity index (χ1) is 7.63. The molecule has 1 heterocycles. The maximum Gasteiger partial charge on any atom is 0.261 e. The highest BCUT2D eigenvalue weighted by Gasteiger charge is 2.36. The number of ketones is 1. The molecule has 0 aromatic rings. The van der Waals surface area contributed by atoms with Gasteiger partial charge in [-0.1, -0.05) is 40.7 Å². The molecule has 4 heteroatoms. The van der Waals surface area contributed by atoms with Crippen LogP contribution in [-0.4, -0.2) is 17.6 Å². The van der Waals surface area contributed by atoms with E-state index < -0.39 is 17.7 Å². The Morgan fingerprint density at radius 3 is 2.06 bits per heavy atom. The van der Waals surface area contributed by atoms with Crippen molar-refractivity contribution >= 4 is 17.6 Å². The highest BCUT2D eigenvalue weighted by molar-refractivity contribution is 6.25. The molecule has 0 aromatic carbocycles. The van der Waals surface area contributed by atoms with Crippen LogP contribution in [0.15, 0.2) is 11.6 Å². The number of hydrogen-bond donors (Lipinski definition) is 1. The van der Waals surface area contributed by atoms with Gasteiger partial charge in [0.15, 0.2) is 5.78 Å². The first kappa shape index (κ1) is 13.6. The second-order valence-corrected chi connectivity index (χ2v) is 5.68. The van der Waals surface area contributed by atoms with Gasteiger partial charge in [0, 0.05) is 11.8 Å². The number of hydrogen-bond acceptors (Lipinski definition) is 3. The third-order valence-corrected chi connectivity index (χ3v) is 2.90. The minimum absolute atomic E-state index is 0.0997. The van der Waals surface area contributed by atoms with E-state index in [4.69, 9.17) is 0 Å². The molecule has 0 bridgehead atoms. The zero-order valence-electron chi connectivity index (χ0n) is 11.0. The van der Waals surface area contributed by atoms with E-state index >= 15 is 0 Å². The number of imide groups is 1. The molecule has 1 N–H and O–H groups in total. The molecular weight excluding hydrogens is 218 g/mol. The molecule has 1 aliphatic rings. The van der Waals surface area contributed by atoms with Crippen LogP contribution in [0.4, 0.5) is 0 Å². The van der Waals surface area contributed by atoms with Crippen LogP contribution in [0, 0.1) is 17.3 Å². The van der Waals surface area contributed by atoms with Crippen molar-refractivity contribution in [1.82, 2.24) is 5.32 Å². The average molecular weight is 237 g/mol. The molecule has 0 aromatic heterocycles. The molecule has 2 amide bonds. The lowest BCUT2D eigenvalue weighted by atomic mass is 9.86. The molecule has 1 fully saturated rings. The van der Waals surface area contributed by atoms with Gasteiger partial charge in [-0.25, -0.2) is 0 Å². The Hall–Kier alpha value is -1.45. The third-order valence-electron chi connectivity index (χ3n) is 2.90. The molecule has 0 saturated carbocycles. The van der Waals surface area contributed by atoms with Crippen molar-refractivity contribution in [2.45, 2.75) is 34.6 Å². The monoisotopic (exact) mass is 237 g/mol. The van der Waals surface area contributed by atoms with Crippen LogP contribution in [0.25, 0.3) is 0 Å². The van der Waals surface area contributed by atoms with Gasteiger partial charge in [0.05, 0.1) is 5.57 Å². The number of carbonyl (C=O) groups is 3. The zero-order chi connectivity index (χ0) is 13.4. The van der Waals surface area contributed by atoms with Gasteiger partial charge in [-0.15, -0.1) is 0 Å². The number of nitrogens with one attached hydrogen (secondary N) is 1. The number of Topliss-reactive ketones (excluding diaryl/α,β-unsaturated/α-hetero) is 1. The SMILES string of the molecule is CC1C(=O)NC(=O)C(=CC(C)(C)C)C(=O)C1C.